The Morgan fingerprint density at radius 1 is 0.806 bits per heavy atom. The molecule has 0 aromatic rings. The minimum absolute atomic E-state index is 0.0533. The van der Waals surface area contributed by atoms with E-state index in [4.69, 9.17) is 0 Å². The second-order valence-electron chi connectivity index (χ2n) is 14.7. The van der Waals surface area contributed by atoms with Crippen molar-refractivity contribution in [2.75, 3.05) is 0 Å². The summed E-state index contributed by atoms with van der Waals surface area (Å²) in [6.07, 6.45) is 14.5. The smallest absolute Gasteiger partial charge is 0.0594 e. The molecule has 1 N–H and O–H groups in total. The Kier molecular flexibility index (Phi) is 4.82. The van der Waals surface area contributed by atoms with Crippen LogP contribution in [0.3, 0.4) is 0 Å². The predicted octanol–water partition coefficient (Wildman–Crippen LogP) is 8.02. The molecule has 0 saturated heterocycles. The van der Waals surface area contributed by atoms with Crippen molar-refractivity contribution in [3.05, 3.63) is 11.6 Å². The maximum Gasteiger partial charge on any atom is 0.0594 e. The van der Waals surface area contributed by atoms with Crippen molar-refractivity contribution in [3.63, 3.8) is 0 Å². The SMILES string of the molecule is C[C@H]1[C@H](C)CC[C@]2(C)CC[C@]3(C)C(=CC[C@@H]4[C@@]5(C)CC[C@@H](O)C(C)(C)[C@@H]5CC[C@]43C)[C@@H]12. The van der Waals surface area contributed by atoms with Gasteiger partial charge in [-0.3, -0.25) is 0 Å². The first kappa shape index (κ1) is 22.5. The summed E-state index contributed by atoms with van der Waals surface area (Å²) < 4.78 is 0. The highest BCUT2D eigenvalue weighted by atomic mass is 16.3. The molecule has 0 heterocycles. The first-order valence-electron chi connectivity index (χ1n) is 13.7. The summed E-state index contributed by atoms with van der Waals surface area (Å²) in [6.45, 7) is 20.5. The topological polar surface area (TPSA) is 20.2 Å². The Bertz CT molecular complexity index is 779. The fourth-order valence-corrected chi connectivity index (χ4v) is 10.8. The molecule has 31 heavy (non-hydrogen) atoms. The molecular formula is C30H50O. The molecule has 176 valence electrons. The minimum atomic E-state index is -0.125. The van der Waals surface area contributed by atoms with Gasteiger partial charge in [-0.25, -0.2) is 0 Å². The van der Waals surface area contributed by atoms with Crippen LogP contribution in [0.2, 0.25) is 0 Å². The molecule has 4 saturated carbocycles. The fraction of sp³-hybridized carbons (Fsp3) is 0.933. The molecule has 0 radical (unpaired) electrons. The molecule has 0 spiro atoms. The van der Waals surface area contributed by atoms with E-state index in [2.05, 4.69) is 61.5 Å². The van der Waals surface area contributed by atoms with E-state index in [1.54, 1.807) is 0 Å². The van der Waals surface area contributed by atoms with E-state index in [1.807, 2.05) is 5.57 Å². The van der Waals surface area contributed by atoms with Gasteiger partial charge in [0.2, 0.25) is 0 Å². The maximum absolute atomic E-state index is 10.9. The Hall–Kier alpha value is -0.300. The van der Waals surface area contributed by atoms with Crippen molar-refractivity contribution >= 4 is 0 Å². The summed E-state index contributed by atoms with van der Waals surface area (Å²) in [6, 6.07) is 0. The van der Waals surface area contributed by atoms with Crippen molar-refractivity contribution in [1.82, 2.24) is 0 Å². The Morgan fingerprint density at radius 2 is 1.52 bits per heavy atom. The molecular weight excluding hydrogens is 376 g/mol. The van der Waals surface area contributed by atoms with Gasteiger partial charge < -0.3 is 5.11 Å². The number of hydrogen-bond acceptors (Lipinski definition) is 1. The van der Waals surface area contributed by atoms with Gasteiger partial charge in [-0.15, -0.1) is 0 Å². The number of fused-ring (bicyclic) bond motifs is 7. The highest BCUT2D eigenvalue weighted by Crippen LogP contribution is 2.75. The fourth-order valence-electron chi connectivity index (χ4n) is 10.8. The standard InChI is InChI=1S/C30H50O/c1-19-11-14-27(5)17-18-29(7)21(25(27)20(19)2)9-10-23-28(6)15-13-24(31)26(3,4)22(28)12-16-30(23,29)8/h9,19-20,22-25,31H,10-18H2,1-8H3/t19-,20+,22+,23-,24-,25-,27-,28+,29-,30-/m1/s1. The molecule has 10 atom stereocenters. The molecule has 5 aliphatic carbocycles. The van der Waals surface area contributed by atoms with E-state index in [-0.39, 0.29) is 11.5 Å². The first-order chi connectivity index (χ1) is 14.3. The maximum atomic E-state index is 10.9. The third-order valence-electron chi connectivity index (χ3n) is 13.4. The molecule has 0 amide bonds. The molecule has 1 heteroatoms. The van der Waals surface area contributed by atoms with Gasteiger partial charge in [-0.05, 0) is 114 Å². The van der Waals surface area contributed by atoms with Gasteiger partial charge in [0.05, 0.1) is 6.10 Å². The van der Waals surface area contributed by atoms with E-state index in [1.165, 1.54) is 51.4 Å². The van der Waals surface area contributed by atoms with Crippen molar-refractivity contribution in [2.45, 2.75) is 119 Å². The lowest BCUT2D eigenvalue weighted by atomic mass is 9.33. The zero-order chi connectivity index (χ0) is 22.6. The number of rotatable bonds is 0. The summed E-state index contributed by atoms with van der Waals surface area (Å²) >= 11 is 0. The second kappa shape index (κ2) is 6.64. The van der Waals surface area contributed by atoms with Crippen LogP contribution in [0.1, 0.15) is 113 Å². The van der Waals surface area contributed by atoms with Gasteiger partial charge >= 0.3 is 0 Å². The third-order valence-corrected chi connectivity index (χ3v) is 13.4. The third kappa shape index (κ3) is 2.65. The Balaban J connectivity index is 1.59. The molecule has 0 bridgehead atoms. The van der Waals surface area contributed by atoms with Crippen LogP contribution < -0.4 is 0 Å². The molecule has 0 aliphatic heterocycles. The molecule has 0 aromatic carbocycles. The van der Waals surface area contributed by atoms with Gasteiger partial charge in [0.15, 0.2) is 0 Å². The van der Waals surface area contributed by atoms with Crippen LogP contribution in [0.5, 0.6) is 0 Å². The van der Waals surface area contributed by atoms with Crippen LogP contribution >= 0.6 is 0 Å². The molecule has 5 aliphatic rings. The molecule has 1 nitrogen and oxygen atoms in total. The Morgan fingerprint density at radius 3 is 2.23 bits per heavy atom. The van der Waals surface area contributed by atoms with Crippen molar-refractivity contribution in [1.29, 1.82) is 0 Å². The monoisotopic (exact) mass is 426 g/mol. The highest BCUT2D eigenvalue weighted by Gasteiger charge is 2.67. The molecule has 4 fully saturated rings. The van der Waals surface area contributed by atoms with Gasteiger partial charge in [0.1, 0.15) is 0 Å². The van der Waals surface area contributed by atoms with Gasteiger partial charge in [0.25, 0.3) is 0 Å². The van der Waals surface area contributed by atoms with E-state index in [0.29, 0.717) is 27.6 Å². The number of aliphatic hydroxyl groups is 1. The van der Waals surface area contributed by atoms with E-state index >= 15 is 0 Å². The summed E-state index contributed by atoms with van der Waals surface area (Å²) in [5.74, 6) is 3.90. The molecule has 0 unspecified atom stereocenters. The first-order valence-corrected chi connectivity index (χ1v) is 13.7. The van der Waals surface area contributed by atoms with Crippen LogP contribution in [-0.4, -0.2) is 11.2 Å². The normalized spacial score (nSPS) is 58.3. The predicted molar refractivity (Wildman–Crippen MR) is 131 cm³/mol. The Labute approximate surface area is 192 Å². The number of hydrogen-bond donors (Lipinski definition) is 1. The number of allylic oxidation sites excluding steroid dienone is 2. The summed E-state index contributed by atoms with van der Waals surface area (Å²) in [5, 5.41) is 10.9. The van der Waals surface area contributed by atoms with Crippen molar-refractivity contribution < 1.29 is 5.11 Å². The van der Waals surface area contributed by atoms with Crippen LogP contribution in [0.15, 0.2) is 11.6 Å². The van der Waals surface area contributed by atoms with Crippen LogP contribution in [0, 0.1) is 56.7 Å². The summed E-state index contributed by atoms with van der Waals surface area (Å²) in [5.41, 5.74) is 3.60. The van der Waals surface area contributed by atoms with Crippen molar-refractivity contribution in [2.24, 2.45) is 56.7 Å². The van der Waals surface area contributed by atoms with E-state index < -0.39 is 0 Å². The zero-order valence-corrected chi connectivity index (χ0v) is 21.9. The largest absolute Gasteiger partial charge is 0.393 e. The number of aliphatic hydroxyl groups excluding tert-OH is 1. The van der Waals surface area contributed by atoms with E-state index in [0.717, 1.165) is 30.1 Å². The molecule has 5 rings (SSSR count). The lowest BCUT2D eigenvalue weighted by Gasteiger charge is -2.71. The lowest BCUT2D eigenvalue weighted by Crippen LogP contribution is -2.64. The van der Waals surface area contributed by atoms with Gasteiger partial charge in [-0.2, -0.15) is 0 Å². The van der Waals surface area contributed by atoms with Crippen molar-refractivity contribution in [3.8, 4) is 0 Å². The minimum Gasteiger partial charge on any atom is -0.393 e. The molecule has 0 aromatic heterocycles. The van der Waals surface area contributed by atoms with Crippen LogP contribution in [-0.2, 0) is 0 Å². The quantitative estimate of drug-likeness (QED) is 0.389. The lowest BCUT2D eigenvalue weighted by molar-refractivity contribution is -0.203. The average molecular weight is 427 g/mol. The summed E-state index contributed by atoms with van der Waals surface area (Å²) in [4.78, 5) is 0. The van der Waals surface area contributed by atoms with Gasteiger partial charge in [0, 0.05) is 0 Å². The van der Waals surface area contributed by atoms with Crippen LogP contribution in [0.25, 0.3) is 0 Å². The highest BCUT2D eigenvalue weighted by molar-refractivity contribution is 5.33. The summed E-state index contributed by atoms with van der Waals surface area (Å²) in [7, 11) is 0. The second-order valence-corrected chi connectivity index (χ2v) is 14.7. The van der Waals surface area contributed by atoms with E-state index in [9.17, 15) is 5.11 Å². The van der Waals surface area contributed by atoms with Gasteiger partial charge in [-0.1, -0.05) is 67.0 Å². The zero-order valence-electron chi connectivity index (χ0n) is 21.9. The average Bonchev–Trinajstić information content (AvgIpc) is 2.69. The van der Waals surface area contributed by atoms with Crippen LogP contribution in [0.4, 0.5) is 0 Å².